The standard InChI is InChI=1S/C33H37FN2OS2/c1-4-22(3)25-13-11-23(12-14-25)19-27(15-17-31(39)28-16-18-32(34)35-28)33(37)36-29(26-9-7-6-8-10-26)20-24(5-2)30(36)21-38/h4,6-14,16,18,21-22,24,27,29,35,38H,1,5,15,17,19-20H2,2-3H3/b30-21-. The number of nitrogens with zero attached hydrogens (tertiary/aromatic N) is 1. The van der Waals surface area contributed by atoms with Crippen LogP contribution in [0.4, 0.5) is 4.39 Å². The van der Waals surface area contributed by atoms with E-state index in [1.165, 1.54) is 11.6 Å². The summed E-state index contributed by atoms with van der Waals surface area (Å²) in [5.41, 5.74) is 5.01. The Hall–Kier alpha value is -2.96. The number of thiol groups is 1. The van der Waals surface area contributed by atoms with Gasteiger partial charge in [0.25, 0.3) is 0 Å². The van der Waals surface area contributed by atoms with E-state index in [1.54, 1.807) is 6.07 Å². The number of halogens is 1. The number of carbonyl (C=O) groups is 1. The molecule has 6 heteroatoms. The molecule has 1 saturated heterocycles. The maximum absolute atomic E-state index is 14.5. The van der Waals surface area contributed by atoms with E-state index in [-0.39, 0.29) is 29.7 Å². The molecule has 2 heterocycles. The average Bonchev–Trinajstić information content (AvgIpc) is 3.58. The van der Waals surface area contributed by atoms with Crippen molar-refractivity contribution in [2.45, 2.75) is 57.9 Å². The predicted molar refractivity (Wildman–Crippen MR) is 165 cm³/mol. The quantitative estimate of drug-likeness (QED) is 0.107. The van der Waals surface area contributed by atoms with Crippen LogP contribution in [0.2, 0.25) is 0 Å². The van der Waals surface area contributed by atoms with Gasteiger partial charge in [0.1, 0.15) is 0 Å². The fraction of sp³-hybridized carbons (Fsp3) is 0.333. The van der Waals surface area contributed by atoms with Gasteiger partial charge in [0.05, 0.1) is 11.7 Å². The summed E-state index contributed by atoms with van der Waals surface area (Å²) in [6.07, 6.45) is 5.42. The zero-order valence-electron chi connectivity index (χ0n) is 22.6. The van der Waals surface area contributed by atoms with Gasteiger partial charge in [-0.2, -0.15) is 4.39 Å². The lowest BCUT2D eigenvalue weighted by Crippen LogP contribution is -2.36. The summed E-state index contributed by atoms with van der Waals surface area (Å²) < 4.78 is 13.6. The molecule has 204 valence electrons. The molecule has 2 aromatic carbocycles. The van der Waals surface area contributed by atoms with Gasteiger partial charge in [0.2, 0.25) is 5.91 Å². The van der Waals surface area contributed by atoms with Crippen LogP contribution in [0, 0.1) is 17.8 Å². The Kier molecular flexibility index (Phi) is 9.98. The molecule has 0 bridgehead atoms. The smallest absolute Gasteiger partial charge is 0.230 e. The van der Waals surface area contributed by atoms with Crippen molar-refractivity contribution in [1.82, 2.24) is 9.88 Å². The van der Waals surface area contributed by atoms with E-state index in [0.29, 0.717) is 29.8 Å². The lowest BCUT2D eigenvalue weighted by molar-refractivity contribution is -0.135. The van der Waals surface area contributed by atoms with E-state index in [9.17, 15) is 9.18 Å². The van der Waals surface area contributed by atoms with Crippen LogP contribution in [0.1, 0.15) is 73.9 Å². The number of aromatic amines is 1. The topological polar surface area (TPSA) is 36.1 Å². The second kappa shape index (κ2) is 13.4. The van der Waals surface area contributed by atoms with Gasteiger partial charge in [-0.3, -0.25) is 4.79 Å². The largest absolute Gasteiger partial charge is 0.331 e. The van der Waals surface area contributed by atoms with Crippen LogP contribution >= 0.6 is 24.8 Å². The first-order valence-electron chi connectivity index (χ1n) is 13.7. The van der Waals surface area contributed by atoms with Crippen LogP contribution < -0.4 is 0 Å². The number of allylic oxidation sites excluding steroid dienone is 2. The molecular formula is C33H37FN2OS2. The van der Waals surface area contributed by atoms with Gasteiger partial charge in [0, 0.05) is 22.4 Å². The van der Waals surface area contributed by atoms with E-state index >= 15 is 0 Å². The van der Waals surface area contributed by atoms with E-state index in [4.69, 9.17) is 12.2 Å². The number of thiocarbonyl (C=S) groups is 1. The highest BCUT2D eigenvalue weighted by Gasteiger charge is 2.41. The van der Waals surface area contributed by atoms with E-state index in [0.717, 1.165) is 29.7 Å². The monoisotopic (exact) mass is 560 g/mol. The molecule has 39 heavy (non-hydrogen) atoms. The van der Waals surface area contributed by atoms with Crippen LogP contribution in [0.5, 0.6) is 0 Å². The number of H-pyrrole nitrogens is 1. The Balaban J connectivity index is 1.64. The van der Waals surface area contributed by atoms with Crippen LogP contribution in [0.25, 0.3) is 0 Å². The van der Waals surface area contributed by atoms with Crippen molar-refractivity contribution in [2.75, 3.05) is 0 Å². The number of rotatable bonds is 11. The highest BCUT2D eigenvalue weighted by atomic mass is 32.1. The fourth-order valence-electron chi connectivity index (χ4n) is 5.52. The van der Waals surface area contributed by atoms with Crippen molar-refractivity contribution in [2.24, 2.45) is 11.8 Å². The zero-order valence-corrected chi connectivity index (χ0v) is 24.4. The zero-order chi connectivity index (χ0) is 27.9. The minimum absolute atomic E-state index is 0.0372. The van der Waals surface area contributed by atoms with Gasteiger partial charge in [-0.25, -0.2) is 0 Å². The molecule has 1 amide bonds. The summed E-state index contributed by atoms with van der Waals surface area (Å²) in [5, 5.41) is 1.81. The highest BCUT2D eigenvalue weighted by Crippen LogP contribution is 2.45. The van der Waals surface area contributed by atoms with Crippen LogP contribution in [-0.2, 0) is 11.2 Å². The van der Waals surface area contributed by atoms with Crippen molar-refractivity contribution < 1.29 is 9.18 Å². The molecular weight excluding hydrogens is 524 g/mol. The maximum atomic E-state index is 14.5. The number of nitrogens with one attached hydrogen (secondary N) is 1. The van der Waals surface area contributed by atoms with Crippen molar-refractivity contribution in [3.05, 3.63) is 119 Å². The molecule has 4 rings (SSSR count). The summed E-state index contributed by atoms with van der Waals surface area (Å²) >= 11 is 10.2. The van der Waals surface area contributed by atoms with Crippen molar-refractivity contribution in [3.8, 4) is 0 Å². The summed E-state index contributed by atoms with van der Waals surface area (Å²) in [6, 6.07) is 21.7. The maximum Gasteiger partial charge on any atom is 0.230 e. The number of hydrogen-bond acceptors (Lipinski definition) is 3. The SMILES string of the molecule is C=CC(C)c1ccc(CC(CCC(=S)c2ccc(F)[nH]2)C(=O)N2/C(=C\S)C(CC)CC2c2ccccc2)cc1. The molecule has 1 N–H and O–H groups in total. The Morgan fingerprint density at radius 2 is 1.90 bits per heavy atom. The molecule has 1 aromatic heterocycles. The van der Waals surface area contributed by atoms with Crippen molar-refractivity contribution >= 4 is 35.6 Å². The van der Waals surface area contributed by atoms with Crippen LogP contribution in [0.15, 0.2) is 90.5 Å². The van der Waals surface area contributed by atoms with E-state index in [2.05, 4.69) is 74.4 Å². The van der Waals surface area contributed by atoms with Gasteiger partial charge in [-0.1, -0.05) is 86.7 Å². The van der Waals surface area contributed by atoms with Gasteiger partial charge < -0.3 is 9.88 Å². The Bertz CT molecular complexity index is 1310. The first-order chi connectivity index (χ1) is 18.9. The number of hydrogen-bond donors (Lipinski definition) is 2. The van der Waals surface area contributed by atoms with Gasteiger partial charge >= 0.3 is 0 Å². The molecule has 0 radical (unpaired) electrons. The molecule has 0 saturated carbocycles. The van der Waals surface area contributed by atoms with Gasteiger partial charge in [-0.05, 0) is 72.3 Å². The Morgan fingerprint density at radius 1 is 1.18 bits per heavy atom. The second-order valence-electron chi connectivity index (χ2n) is 10.4. The predicted octanol–water partition coefficient (Wildman–Crippen LogP) is 8.57. The molecule has 4 unspecified atom stereocenters. The van der Waals surface area contributed by atoms with Gasteiger partial charge in [0.15, 0.2) is 5.95 Å². The minimum Gasteiger partial charge on any atom is -0.331 e. The summed E-state index contributed by atoms with van der Waals surface area (Å²) in [4.78, 5) is 19.8. The third-order valence-corrected chi connectivity index (χ3v) is 8.61. The summed E-state index contributed by atoms with van der Waals surface area (Å²) in [5.74, 6) is -0.0920. The summed E-state index contributed by atoms with van der Waals surface area (Å²) in [7, 11) is 0. The number of benzene rings is 2. The Labute approximate surface area is 242 Å². The lowest BCUT2D eigenvalue weighted by Gasteiger charge is -2.31. The molecule has 3 aromatic rings. The van der Waals surface area contributed by atoms with E-state index < -0.39 is 5.95 Å². The highest BCUT2D eigenvalue weighted by molar-refractivity contribution is 7.83. The third-order valence-electron chi connectivity index (χ3n) is 7.92. The van der Waals surface area contributed by atoms with Crippen molar-refractivity contribution in [1.29, 1.82) is 0 Å². The first-order valence-corrected chi connectivity index (χ1v) is 14.6. The second-order valence-corrected chi connectivity index (χ2v) is 11.1. The number of carbonyl (C=O) groups excluding carboxylic acids is 1. The molecule has 3 nitrogen and oxygen atoms in total. The number of likely N-dealkylation sites (tertiary alicyclic amines) is 1. The summed E-state index contributed by atoms with van der Waals surface area (Å²) in [6.45, 7) is 8.18. The van der Waals surface area contributed by atoms with Gasteiger partial charge in [-0.15, -0.1) is 19.2 Å². The Morgan fingerprint density at radius 3 is 2.49 bits per heavy atom. The third kappa shape index (κ3) is 6.79. The number of aromatic nitrogens is 1. The van der Waals surface area contributed by atoms with Crippen molar-refractivity contribution in [3.63, 3.8) is 0 Å². The van der Waals surface area contributed by atoms with Crippen LogP contribution in [-0.4, -0.2) is 20.7 Å². The lowest BCUT2D eigenvalue weighted by atomic mass is 9.90. The number of amides is 1. The molecule has 0 aliphatic carbocycles. The normalized spacial score (nSPS) is 19.7. The molecule has 0 spiro atoms. The van der Waals surface area contributed by atoms with E-state index in [1.807, 2.05) is 34.6 Å². The average molecular weight is 561 g/mol. The fourth-order valence-corrected chi connectivity index (χ4v) is 6.09. The van der Waals surface area contributed by atoms with Crippen LogP contribution in [0.3, 0.4) is 0 Å². The molecule has 1 aliphatic heterocycles. The molecule has 4 atom stereocenters. The molecule has 1 aliphatic rings. The minimum atomic E-state index is -0.411. The molecule has 1 fully saturated rings. The first kappa shape index (κ1) is 29.0.